The highest BCUT2D eigenvalue weighted by atomic mass is 127. The summed E-state index contributed by atoms with van der Waals surface area (Å²) in [6.45, 7) is 5.45. The van der Waals surface area contributed by atoms with Gasteiger partial charge in [0.15, 0.2) is 5.96 Å². The number of halogens is 1. The summed E-state index contributed by atoms with van der Waals surface area (Å²) in [6, 6.07) is 0.414. The number of likely N-dealkylation sites (N-methyl/N-ethyl adjacent to an activating group) is 1. The van der Waals surface area contributed by atoms with Crippen molar-refractivity contribution in [3.05, 3.63) is 0 Å². The highest BCUT2D eigenvalue weighted by Crippen LogP contribution is 2.42. The van der Waals surface area contributed by atoms with Gasteiger partial charge >= 0.3 is 0 Å². The van der Waals surface area contributed by atoms with Crippen LogP contribution in [0, 0.1) is 5.41 Å². The van der Waals surface area contributed by atoms with Crippen molar-refractivity contribution in [2.24, 2.45) is 10.4 Å². The molecule has 0 amide bonds. The first-order valence-electron chi connectivity index (χ1n) is 8.11. The van der Waals surface area contributed by atoms with Gasteiger partial charge in [0.2, 0.25) is 0 Å². The number of rotatable bonds is 5. The third-order valence-corrected chi connectivity index (χ3v) is 6.85. The Morgan fingerprint density at radius 1 is 1.39 bits per heavy atom. The number of methoxy groups -OCH3 is 1. The van der Waals surface area contributed by atoms with E-state index in [9.17, 15) is 0 Å². The molecule has 0 aromatic heterocycles. The van der Waals surface area contributed by atoms with Crippen molar-refractivity contribution in [1.29, 1.82) is 0 Å². The molecule has 136 valence electrons. The first-order chi connectivity index (χ1) is 10.4. The summed E-state index contributed by atoms with van der Waals surface area (Å²) in [6.07, 6.45) is 2.61. The van der Waals surface area contributed by atoms with Crippen LogP contribution in [0.4, 0.5) is 0 Å². The molecule has 0 spiro atoms. The molecular formula is C16H33IN4OS. The number of ether oxygens (including phenoxy) is 1. The topological polar surface area (TPSA) is 48.9 Å². The van der Waals surface area contributed by atoms with Gasteiger partial charge in [-0.15, -0.1) is 24.0 Å². The fourth-order valence-electron chi connectivity index (χ4n) is 3.38. The van der Waals surface area contributed by atoms with E-state index in [1.807, 2.05) is 18.8 Å². The van der Waals surface area contributed by atoms with Crippen molar-refractivity contribution >= 4 is 41.7 Å². The third kappa shape index (κ3) is 4.46. The van der Waals surface area contributed by atoms with Crippen LogP contribution in [-0.4, -0.2) is 74.8 Å². The molecule has 0 radical (unpaired) electrons. The fraction of sp³-hybridized carbons (Fsp3) is 0.938. The highest BCUT2D eigenvalue weighted by Gasteiger charge is 2.49. The van der Waals surface area contributed by atoms with Gasteiger partial charge in [-0.1, -0.05) is 13.8 Å². The van der Waals surface area contributed by atoms with E-state index >= 15 is 0 Å². The van der Waals surface area contributed by atoms with Crippen LogP contribution in [0.3, 0.4) is 0 Å². The maximum absolute atomic E-state index is 5.53. The number of hydrogen-bond donors (Lipinski definition) is 2. The molecule has 2 fully saturated rings. The van der Waals surface area contributed by atoms with Gasteiger partial charge in [-0.25, -0.2) is 0 Å². The second kappa shape index (κ2) is 8.58. The van der Waals surface area contributed by atoms with Crippen LogP contribution in [0.15, 0.2) is 4.99 Å². The van der Waals surface area contributed by atoms with Gasteiger partial charge in [-0.3, -0.25) is 4.99 Å². The highest BCUT2D eigenvalue weighted by molar-refractivity contribution is 14.0. The molecule has 0 aromatic rings. The lowest BCUT2D eigenvalue weighted by Crippen LogP contribution is -2.64. The minimum atomic E-state index is 0. The molecule has 1 saturated carbocycles. The first-order valence-corrected chi connectivity index (χ1v) is 9.26. The van der Waals surface area contributed by atoms with Gasteiger partial charge in [-0.05, 0) is 32.7 Å². The molecule has 3 unspecified atom stereocenters. The molecule has 23 heavy (non-hydrogen) atoms. The summed E-state index contributed by atoms with van der Waals surface area (Å²) in [4.78, 5) is 6.77. The van der Waals surface area contributed by atoms with E-state index in [-0.39, 0.29) is 34.9 Å². The quantitative estimate of drug-likeness (QED) is 0.377. The van der Waals surface area contributed by atoms with Crippen LogP contribution in [0.2, 0.25) is 0 Å². The Morgan fingerprint density at radius 3 is 2.52 bits per heavy atom. The number of nitrogens with zero attached hydrogens (tertiary/aromatic N) is 2. The Bertz CT molecular complexity index is 411. The van der Waals surface area contributed by atoms with Crippen molar-refractivity contribution in [2.75, 3.05) is 46.3 Å². The number of hydrogen-bond acceptors (Lipinski definition) is 4. The molecule has 7 heteroatoms. The van der Waals surface area contributed by atoms with E-state index in [0.717, 1.165) is 18.9 Å². The van der Waals surface area contributed by atoms with Gasteiger partial charge in [0, 0.05) is 43.5 Å². The minimum absolute atomic E-state index is 0. The average molecular weight is 456 g/mol. The normalized spacial score (nSPS) is 33.1. The monoisotopic (exact) mass is 456 g/mol. The lowest BCUT2D eigenvalue weighted by atomic mass is 9.64. The van der Waals surface area contributed by atoms with E-state index in [2.05, 4.69) is 48.5 Å². The zero-order chi connectivity index (χ0) is 16.4. The van der Waals surface area contributed by atoms with Gasteiger partial charge in [-0.2, -0.15) is 11.8 Å². The van der Waals surface area contributed by atoms with E-state index < -0.39 is 0 Å². The maximum Gasteiger partial charge on any atom is 0.191 e. The van der Waals surface area contributed by atoms with Crippen LogP contribution >= 0.6 is 35.7 Å². The van der Waals surface area contributed by atoms with Gasteiger partial charge < -0.3 is 20.3 Å². The molecule has 5 nitrogen and oxygen atoms in total. The molecule has 2 N–H and O–H groups in total. The Balaban J connectivity index is 0.00000264. The number of thioether (sulfide) groups is 1. The van der Waals surface area contributed by atoms with Crippen LogP contribution in [0.1, 0.15) is 26.7 Å². The van der Waals surface area contributed by atoms with Crippen molar-refractivity contribution in [1.82, 2.24) is 15.5 Å². The summed E-state index contributed by atoms with van der Waals surface area (Å²) in [5, 5.41) is 7.12. The molecule has 0 aromatic carbocycles. The summed E-state index contributed by atoms with van der Waals surface area (Å²) >= 11 is 2.04. The summed E-state index contributed by atoms with van der Waals surface area (Å²) in [5.41, 5.74) is 0.390. The zero-order valence-electron chi connectivity index (χ0n) is 15.3. The Labute approximate surface area is 162 Å². The Kier molecular flexibility index (Phi) is 7.95. The van der Waals surface area contributed by atoms with E-state index in [1.54, 1.807) is 7.11 Å². The number of aliphatic imine (C=N–C) groups is 1. The summed E-state index contributed by atoms with van der Waals surface area (Å²) in [7, 11) is 8.01. The number of nitrogens with one attached hydrogen (secondary N) is 2. The molecule has 1 heterocycles. The summed E-state index contributed by atoms with van der Waals surface area (Å²) < 4.78 is 5.53. The van der Waals surface area contributed by atoms with Crippen LogP contribution < -0.4 is 10.6 Å². The lowest BCUT2D eigenvalue weighted by molar-refractivity contribution is -0.0922. The SMILES string of the molecule is CN=C(NCC1(N(C)C)CCSC1)NC1CC(OC)C1(C)C.I. The van der Waals surface area contributed by atoms with Crippen molar-refractivity contribution in [2.45, 2.75) is 44.4 Å². The zero-order valence-corrected chi connectivity index (χ0v) is 18.5. The van der Waals surface area contributed by atoms with E-state index in [1.165, 1.54) is 17.9 Å². The van der Waals surface area contributed by atoms with Crippen LogP contribution in [0.5, 0.6) is 0 Å². The molecule has 3 atom stereocenters. The molecule has 2 aliphatic rings. The lowest BCUT2D eigenvalue weighted by Gasteiger charge is -2.51. The molecular weight excluding hydrogens is 423 g/mol. The van der Waals surface area contributed by atoms with E-state index in [4.69, 9.17) is 4.74 Å². The predicted octanol–water partition coefficient (Wildman–Crippen LogP) is 2.02. The van der Waals surface area contributed by atoms with Gasteiger partial charge in [0.05, 0.1) is 6.10 Å². The van der Waals surface area contributed by atoms with Gasteiger partial charge in [0.25, 0.3) is 0 Å². The molecule has 1 saturated heterocycles. The smallest absolute Gasteiger partial charge is 0.191 e. The third-order valence-electron chi connectivity index (χ3n) is 5.61. The van der Waals surface area contributed by atoms with Crippen LogP contribution in [-0.2, 0) is 4.74 Å². The minimum Gasteiger partial charge on any atom is -0.381 e. The molecule has 2 rings (SSSR count). The number of guanidine groups is 1. The predicted molar refractivity (Wildman–Crippen MR) is 111 cm³/mol. The summed E-state index contributed by atoms with van der Waals surface area (Å²) in [5.74, 6) is 3.34. The van der Waals surface area contributed by atoms with Crippen molar-refractivity contribution in [3.8, 4) is 0 Å². The largest absolute Gasteiger partial charge is 0.381 e. The Hall–Kier alpha value is 0.270. The first kappa shape index (κ1) is 21.3. The average Bonchev–Trinajstić information content (AvgIpc) is 2.96. The standard InChI is InChI=1S/C16H32N4OS.HI/c1-15(2)12(9-13(15)21-6)19-14(17-3)18-10-16(20(4)5)7-8-22-11-16;/h12-13H,7-11H2,1-6H3,(H2,17,18,19);1H. The Morgan fingerprint density at radius 2 is 2.09 bits per heavy atom. The van der Waals surface area contributed by atoms with E-state index in [0.29, 0.717) is 12.1 Å². The molecule has 1 aliphatic carbocycles. The second-order valence-electron chi connectivity index (χ2n) is 7.33. The van der Waals surface area contributed by atoms with Crippen molar-refractivity contribution in [3.63, 3.8) is 0 Å². The molecule has 0 bridgehead atoms. The van der Waals surface area contributed by atoms with Crippen molar-refractivity contribution < 1.29 is 4.74 Å². The molecule has 1 aliphatic heterocycles. The fourth-order valence-corrected chi connectivity index (χ4v) is 4.94. The van der Waals surface area contributed by atoms with Gasteiger partial charge in [0.1, 0.15) is 0 Å². The maximum atomic E-state index is 5.53. The second-order valence-corrected chi connectivity index (χ2v) is 8.43. The van der Waals surface area contributed by atoms with Crippen LogP contribution in [0.25, 0.3) is 0 Å².